The number of nitrogens with one attached hydrogen (secondary N) is 1. The van der Waals surface area contributed by atoms with Gasteiger partial charge in [0.2, 0.25) is 15.9 Å². The molecule has 1 atom stereocenters. The summed E-state index contributed by atoms with van der Waals surface area (Å²) in [6.45, 7) is 1.94. The zero-order chi connectivity index (χ0) is 22.7. The zero-order valence-corrected chi connectivity index (χ0v) is 18.2. The van der Waals surface area contributed by atoms with Crippen molar-refractivity contribution in [2.24, 2.45) is 5.92 Å². The molecule has 0 spiro atoms. The van der Waals surface area contributed by atoms with Crippen LogP contribution >= 0.6 is 0 Å². The number of amides is 1. The second-order valence-corrected chi connectivity index (χ2v) is 9.51. The summed E-state index contributed by atoms with van der Waals surface area (Å²) in [6, 6.07) is 12.9. The Kier molecular flexibility index (Phi) is 6.10. The fourth-order valence-corrected chi connectivity index (χ4v) is 5.13. The lowest BCUT2D eigenvalue weighted by molar-refractivity contribution is -0.120. The van der Waals surface area contributed by atoms with E-state index in [0.717, 1.165) is 0 Å². The molecule has 0 saturated carbocycles. The molecular formula is C21H22N6O4S. The van der Waals surface area contributed by atoms with Gasteiger partial charge in [-0.1, -0.05) is 0 Å². The highest BCUT2D eigenvalue weighted by atomic mass is 32.2. The molecule has 1 fully saturated rings. The molecule has 0 radical (unpaired) electrons. The van der Waals surface area contributed by atoms with Crippen molar-refractivity contribution in [2.45, 2.75) is 24.7 Å². The zero-order valence-electron chi connectivity index (χ0n) is 17.4. The highest BCUT2D eigenvalue weighted by Crippen LogP contribution is 2.25. The van der Waals surface area contributed by atoms with Crippen LogP contribution in [-0.2, 0) is 14.8 Å². The van der Waals surface area contributed by atoms with Crippen molar-refractivity contribution in [3.8, 4) is 5.69 Å². The van der Waals surface area contributed by atoms with Crippen LogP contribution in [0.15, 0.2) is 59.8 Å². The molecule has 2 aromatic carbocycles. The van der Waals surface area contributed by atoms with Crippen molar-refractivity contribution >= 4 is 27.4 Å². The molecule has 4 rings (SSSR count). The summed E-state index contributed by atoms with van der Waals surface area (Å²) in [5.74, 6) is -0.761. The van der Waals surface area contributed by atoms with Crippen LogP contribution < -0.4 is 5.32 Å². The van der Waals surface area contributed by atoms with E-state index in [2.05, 4.69) is 20.8 Å². The average molecular weight is 455 g/mol. The van der Waals surface area contributed by atoms with Gasteiger partial charge in [-0.3, -0.25) is 9.59 Å². The second-order valence-electron chi connectivity index (χ2n) is 7.57. The molecule has 1 amide bonds. The number of benzene rings is 2. The smallest absolute Gasteiger partial charge is 0.243 e. The van der Waals surface area contributed by atoms with Gasteiger partial charge in [-0.05, 0) is 78.7 Å². The first kappa shape index (κ1) is 21.8. The number of hydrogen-bond donors (Lipinski definition) is 1. The molecule has 1 aromatic heterocycles. The number of rotatable bonds is 6. The first-order valence-corrected chi connectivity index (χ1v) is 11.5. The summed E-state index contributed by atoms with van der Waals surface area (Å²) < 4.78 is 29.0. The standard InChI is InChI=1S/C21H22N6O4S/c1-15(28)16-4-6-18(7-5-16)23-21(29)17-3-2-12-26(13-17)32(30,31)20-10-8-19(9-11-20)27-14-22-24-25-27/h4-11,14,17H,2-3,12-13H2,1H3,(H,23,29)/t17-/m1/s1. The number of anilines is 1. The normalized spacial score (nSPS) is 17.1. The number of aromatic nitrogens is 4. The van der Waals surface area contributed by atoms with Gasteiger partial charge < -0.3 is 5.32 Å². The van der Waals surface area contributed by atoms with Crippen LogP contribution in [-0.4, -0.2) is 57.7 Å². The van der Waals surface area contributed by atoms with Gasteiger partial charge in [0.25, 0.3) is 0 Å². The van der Waals surface area contributed by atoms with Gasteiger partial charge in [0.05, 0.1) is 16.5 Å². The van der Waals surface area contributed by atoms with Crippen LogP contribution in [0, 0.1) is 5.92 Å². The molecule has 0 unspecified atom stereocenters. The molecule has 1 aliphatic heterocycles. The number of ketones is 1. The summed E-state index contributed by atoms with van der Waals surface area (Å²) in [7, 11) is -3.75. The minimum Gasteiger partial charge on any atom is -0.326 e. The van der Waals surface area contributed by atoms with Gasteiger partial charge in [-0.15, -0.1) is 5.10 Å². The SMILES string of the molecule is CC(=O)c1ccc(NC(=O)[C@@H]2CCCN(S(=O)(=O)c3ccc(-n4cnnn4)cc3)C2)cc1. The van der Waals surface area contributed by atoms with Crippen LogP contribution in [0.2, 0.25) is 0 Å². The molecule has 0 aliphatic carbocycles. The Labute approximate surface area is 185 Å². The van der Waals surface area contributed by atoms with E-state index in [1.807, 2.05) is 0 Å². The molecule has 11 heteroatoms. The lowest BCUT2D eigenvalue weighted by Gasteiger charge is -2.31. The lowest BCUT2D eigenvalue weighted by Crippen LogP contribution is -2.43. The Balaban J connectivity index is 1.44. The van der Waals surface area contributed by atoms with Crippen molar-refractivity contribution in [1.29, 1.82) is 0 Å². The summed E-state index contributed by atoms with van der Waals surface area (Å²) in [6.07, 6.45) is 2.61. The number of carbonyl (C=O) groups excluding carboxylic acids is 2. The molecule has 1 saturated heterocycles. The second kappa shape index (κ2) is 8.97. The van der Waals surface area contributed by atoms with Crippen LogP contribution in [0.3, 0.4) is 0 Å². The molecule has 0 bridgehead atoms. The molecule has 10 nitrogen and oxygen atoms in total. The molecule has 32 heavy (non-hydrogen) atoms. The third-order valence-electron chi connectivity index (χ3n) is 5.40. The summed E-state index contributed by atoms with van der Waals surface area (Å²) >= 11 is 0. The Hall–Kier alpha value is -3.44. The highest BCUT2D eigenvalue weighted by Gasteiger charge is 2.33. The van der Waals surface area contributed by atoms with E-state index in [0.29, 0.717) is 36.3 Å². The first-order chi connectivity index (χ1) is 15.3. The monoisotopic (exact) mass is 454 g/mol. The predicted octanol–water partition coefficient (Wildman–Crippen LogP) is 1.90. The van der Waals surface area contributed by atoms with Gasteiger partial charge >= 0.3 is 0 Å². The van der Waals surface area contributed by atoms with Crippen LogP contribution in [0.5, 0.6) is 0 Å². The van der Waals surface area contributed by atoms with Gasteiger partial charge in [0.1, 0.15) is 6.33 Å². The number of piperidine rings is 1. The van der Waals surface area contributed by atoms with E-state index in [1.165, 1.54) is 34.4 Å². The van der Waals surface area contributed by atoms with Crippen molar-refractivity contribution in [3.63, 3.8) is 0 Å². The van der Waals surface area contributed by atoms with E-state index < -0.39 is 15.9 Å². The van der Waals surface area contributed by atoms with Gasteiger partial charge in [-0.25, -0.2) is 13.1 Å². The molecule has 1 aliphatic rings. The van der Waals surface area contributed by atoms with Crippen molar-refractivity contribution < 1.29 is 18.0 Å². The number of nitrogens with zero attached hydrogens (tertiary/aromatic N) is 5. The third-order valence-corrected chi connectivity index (χ3v) is 7.28. The summed E-state index contributed by atoms with van der Waals surface area (Å²) in [5.41, 5.74) is 1.77. The van der Waals surface area contributed by atoms with Crippen LogP contribution in [0.4, 0.5) is 5.69 Å². The minimum absolute atomic E-state index is 0.0537. The average Bonchev–Trinajstić information content (AvgIpc) is 3.35. The lowest BCUT2D eigenvalue weighted by atomic mass is 9.98. The van der Waals surface area contributed by atoms with Crippen molar-refractivity contribution in [3.05, 3.63) is 60.4 Å². The molecule has 1 N–H and O–H groups in total. The fraction of sp³-hybridized carbons (Fsp3) is 0.286. The van der Waals surface area contributed by atoms with Crippen molar-refractivity contribution in [1.82, 2.24) is 24.5 Å². The van der Waals surface area contributed by atoms with Gasteiger partial charge in [0.15, 0.2) is 5.78 Å². The maximum Gasteiger partial charge on any atom is 0.243 e. The molecule has 2 heterocycles. The summed E-state index contributed by atoms with van der Waals surface area (Å²) in [5, 5.41) is 13.7. The predicted molar refractivity (Wildman–Crippen MR) is 116 cm³/mol. The highest BCUT2D eigenvalue weighted by molar-refractivity contribution is 7.89. The Morgan fingerprint density at radius 3 is 2.41 bits per heavy atom. The van der Waals surface area contributed by atoms with E-state index in [-0.39, 0.29) is 23.1 Å². The summed E-state index contributed by atoms with van der Waals surface area (Å²) in [4.78, 5) is 24.3. The Morgan fingerprint density at radius 1 is 1.06 bits per heavy atom. The molecular weight excluding hydrogens is 432 g/mol. The van der Waals surface area contributed by atoms with Crippen LogP contribution in [0.1, 0.15) is 30.1 Å². The van der Waals surface area contributed by atoms with E-state index in [4.69, 9.17) is 0 Å². The number of hydrogen-bond acceptors (Lipinski definition) is 7. The van der Waals surface area contributed by atoms with E-state index >= 15 is 0 Å². The Bertz CT molecular complexity index is 1210. The van der Waals surface area contributed by atoms with Crippen molar-refractivity contribution in [2.75, 3.05) is 18.4 Å². The number of tetrazole rings is 1. The minimum atomic E-state index is -3.75. The number of Topliss-reactive ketones (excluding diaryl/α,β-unsaturated/α-hetero) is 1. The maximum absolute atomic E-state index is 13.1. The Morgan fingerprint density at radius 2 is 1.78 bits per heavy atom. The maximum atomic E-state index is 13.1. The number of carbonyl (C=O) groups is 2. The van der Waals surface area contributed by atoms with Gasteiger partial charge in [-0.2, -0.15) is 4.31 Å². The quantitative estimate of drug-likeness (QED) is 0.564. The van der Waals surface area contributed by atoms with Gasteiger partial charge in [0, 0.05) is 24.3 Å². The first-order valence-electron chi connectivity index (χ1n) is 10.1. The fourth-order valence-electron chi connectivity index (χ4n) is 3.61. The van der Waals surface area contributed by atoms with E-state index in [1.54, 1.807) is 36.4 Å². The molecule has 3 aromatic rings. The number of sulfonamides is 1. The largest absolute Gasteiger partial charge is 0.326 e. The van der Waals surface area contributed by atoms with Crippen LogP contribution in [0.25, 0.3) is 5.69 Å². The topological polar surface area (TPSA) is 127 Å². The van der Waals surface area contributed by atoms with E-state index in [9.17, 15) is 18.0 Å². The molecule has 166 valence electrons. The third kappa shape index (κ3) is 4.58.